The van der Waals surface area contributed by atoms with Gasteiger partial charge in [0.2, 0.25) is 0 Å². The Labute approximate surface area is 90.8 Å². The van der Waals surface area contributed by atoms with E-state index in [1.807, 2.05) is 0 Å². The second kappa shape index (κ2) is 3.90. The SMILES string of the molecule is O=S(=O)(O)OS(=O)(=O)c1cc(O)ccc1O. The van der Waals surface area contributed by atoms with Gasteiger partial charge in [-0.1, -0.05) is 0 Å². The summed E-state index contributed by atoms with van der Waals surface area (Å²) in [6.45, 7) is 0. The predicted octanol–water partition coefficient (Wildman–Crippen LogP) is -0.394. The van der Waals surface area contributed by atoms with Gasteiger partial charge in [0.1, 0.15) is 16.4 Å². The third-order valence-electron chi connectivity index (χ3n) is 1.39. The normalized spacial score (nSPS) is 12.6. The highest BCUT2D eigenvalue weighted by molar-refractivity contribution is 7.97. The van der Waals surface area contributed by atoms with Crippen LogP contribution in [0.15, 0.2) is 23.1 Å². The third-order valence-corrected chi connectivity index (χ3v) is 3.66. The van der Waals surface area contributed by atoms with Crippen LogP contribution in [0.5, 0.6) is 11.5 Å². The lowest BCUT2D eigenvalue weighted by atomic mass is 10.3. The number of aromatic hydroxyl groups is 2. The van der Waals surface area contributed by atoms with Crippen LogP contribution in [0.2, 0.25) is 0 Å². The molecule has 0 aromatic heterocycles. The quantitative estimate of drug-likeness (QED) is 0.498. The first-order valence-electron chi connectivity index (χ1n) is 3.57. The Kier molecular flexibility index (Phi) is 3.10. The molecule has 10 heteroatoms. The van der Waals surface area contributed by atoms with Gasteiger partial charge in [0.15, 0.2) is 0 Å². The van der Waals surface area contributed by atoms with Crippen LogP contribution in [-0.2, 0) is 24.1 Å². The van der Waals surface area contributed by atoms with E-state index in [4.69, 9.17) is 14.8 Å². The fourth-order valence-electron chi connectivity index (χ4n) is 0.853. The minimum Gasteiger partial charge on any atom is -0.508 e. The van der Waals surface area contributed by atoms with Crippen LogP contribution in [0.1, 0.15) is 0 Å². The molecule has 0 atom stereocenters. The smallest absolute Gasteiger partial charge is 0.412 e. The molecule has 3 N–H and O–H groups in total. The Hall–Kier alpha value is -1.36. The summed E-state index contributed by atoms with van der Waals surface area (Å²) in [5, 5.41) is 18.1. The maximum atomic E-state index is 11.2. The number of benzene rings is 1. The molecule has 0 spiro atoms. The topological polar surface area (TPSA) is 138 Å². The summed E-state index contributed by atoms with van der Waals surface area (Å²) in [5.41, 5.74) is 0. The summed E-state index contributed by atoms with van der Waals surface area (Å²) in [4.78, 5) is -0.981. The van der Waals surface area contributed by atoms with Gasteiger partial charge < -0.3 is 10.2 Å². The van der Waals surface area contributed by atoms with Gasteiger partial charge in [-0.15, -0.1) is 3.63 Å². The second-order valence-electron chi connectivity index (χ2n) is 2.60. The van der Waals surface area contributed by atoms with E-state index < -0.39 is 36.9 Å². The molecule has 0 aliphatic heterocycles. The largest absolute Gasteiger partial charge is 0.508 e. The average Bonchev–Trinajstić information content (AvgIpc) is 2.04. The first kappa shape index (κ1) is 12.7. The number of hydrogen-bond acceptors (Lipinski definition) is 7. The van der Waals surface area contributed by atoms with Crippen molar-refractivity contribution in [3.05, 3.63) is 18.2 Å². The number of rotatable bonds is 3. The van der Waals surface area contributed by atoms with Gasteiger partial charge in [-0.05, 0) is 12.1 Å². The zero-order chi connectivity index (χ0) is 12.6. The van der Waals surface area contributed by atoms with Crippen LogP contribution in [0, 0.1) is 0 Å². The molecule has 0 aliphatic carbocycles. The molecule has 0 aliphatic rings. The van der Waals surface area contributed by atoms with E-state index in [-0.39, 0.29) is 0 Å². The van der Waals surface area contributed by atoms with Crippen LogP contribution >= 0.6 is 0 Å². The van der Waals surface area contributed by atoms with Crippen molar-refractivity contribution in [2.75, 3.05) is 0 Å². The van der Waals surface area contributed by atoms with Crippen molar-refractivity contribution in [1.29, 1.82) is 0 Å². The lowest BCUT2D eigenvalue weighted by Gasteiger charge is -2.04. The highest BCUT2D eigenvalue weighted by Crippen LogP contribution is 2.28. The highest BCUT2D eigenvalue weighted by atomic mass is 32.3. The molecule has 0 unspecified atom stereocenters. The monoisotopic (exact) mass is 270 g/mol. The van der Waals surface area contributed by atoms with Crippen molar-refractivity contribution in [1.82, 2.24) is 0 Å². The molecule has 0 radical (unpaired) electrons. The van der Waals surface area contributed by atoms with Gasteiger partial charge >= 0.3 is 20.5 Å². The minimum absolute atomic E-state index is 0.532. The lowest BCUT2D eigenvalue weighted by molar-refractivity contribution is 0.380. The fourth-order valence-corrected chi connectivity index (χ4v) is 2.64. The Morgan fingerprint density at radius 2 is 1.62 bits per heavy atom. The van der Waals surface area contributed by atoms with Crippen molar-refractivity contribution in [3.8, 4) is 11.5 Å². The summed E-state index contributed by atoms with van der Waals surface area (Å²) in [6, 6.07) is 2.35. The summed E-state index contributed by atoms with van der Waals surface area (Å²) < 4.78 is 54.4. The zero-order valence-corrected chi connectivity index (χ0v) is 9.06. The molecule has 90 valence electrons. The van der Waals surface area contributed by atoms with Crippen LogP contribution in [0.4, 0.5) is 0 Å². The minimum atomic E-state index is -5.24. The molecule has 0 bridgehead atoms. The lowest BCUT2D eigenvalue weighted by Crippen LogP contribution is -2.12. The molecule has 0 saturated heterocycles. The van der Waals surface area contributed by atoms with E-state index in [9.17, 15) is 16.8 Å². The summed E-state index contributed by atoms with van der Waals surface area (Å²) in [5.74, 6) is -1.36. The Balaban J connectivity index is 3.33. The van der Waals surface area contributed by atoms with Crippen LogP contribution < -0.4 is 0 Å². The first-order valence-corrected chi connectivity index (χ1v) is 6.35. The Morgan fingerprint density at radius 1 is 1.06 bits per heavy atom. The van der Waals surface area contributed by atoms with Gasteiger partial charge in [-0.25, -0.2) is 0 Å². The van der Waals surface area contributed by atoms with Gasteiger partial charge in [-0.3, -0.25) is 4.55 Å². The van der Waals surface area contributed by atoms with Crippen molar-refractivity contribution in [3.63, 3.8) is 0 Å². The van der Waals surface area contributed by atoms with Crippen molar-refractivity contribution in [2.24, 2.45) is 0 Å². The molecule has 0 fully saturated rings. The maximum Gasteiger partial charge on any atom is 0.412 e. The summed E-state index contributed by atoms with van der Waals surface area (Å²) in [6.07, 6.45) is 0. The van der Waals surface area contributed by atoms with Gasteiger partial charge in [0.05, 0.1) is 0 Å². The summed E-state index contributed by atoms with van der Waals surface area (Å²) in [7, 11) is -10.2. The highest BCUT2D eigenvalue weighted by Gasteiger charge is 2.26. The second-order valence-corrected chi connectivity index (χ2v) is 5.35. The van der Waals surface area contributed by atoms with E-state index >= 15 is 0 Å². The van der Waals surface area contributed by atoms with Crippen LogP contribution in [0.25, 0.3) is 0 Å². The summed E-state index contributed by atoms with van der Waals surface area (Å²) >= 11 is 0. The third kappa shape index (κ3) is 3.06. The average molecular weight is 270 g/mol. The van der Waals surface area contributed by atoms with E-state index in [1.165, 1.54) is 0 Å². The van der Waals surface area contributed by atoms with E-state index in [2.05, 4.69) is 3.63 Å². The molecule has 1 aromatic carbocycles. The Morgan fingerprint density at radius 3 is 2.12 bits per heavy atom. The molecule has 1 aromatic rings. The van der Waals surface area contributed by atoms with Crippen molar-refractivity contribution < 1.29 is 35.2 Å². The fraction of sp³-hybridized carbons (Fsp3) is 0. The van der Waals surface area contributed by atoms with Crippen molar-refractivity contribution in [2.45, 2.75) is 4.90 Å². The van der Waals surface area contributed by atoms with Crippen molar-refractivity contribution >= 4 is 20.5 Å². The first-order chi connectivity index (χ1) is 7.12. The molecule has 8 nitrogen and oxygen atoms in total. The number of phenolic OH excluding ortho intramolecular Hbond substituents is 2. The molecule has 16 heavy (non-hydrogen) atoms. The van der Waals surface area contributed by atoms with Gasteiger partial charge in [0.25, 0.3) is 0 Å². The molecule has 0 saturated carbocycles. The van der Waals surface area contributed by atoms with E-state index in [0.717, 1.165) is 12.1 Å². The molecule has 0 heterocycles. The molecule has 0 amide bonds. The van der Waals surface area contributed by atoms with Gasteiger partial charge in [-0.2, -0.15) is 16.8 Å². The number of phenols is 2. The van der Waals surface area contributed by atoms with E-state index in [0.29, 0.717) is 6.07 Å². The van der Waals surface area contributed by atoms with Gasteiger partial charge in [0, 0.05) is 6.07 Å². The van der Waals surface area contributed by atoms with Crippen LogP contribution in [-0.4, -0.2) is 31.6 Å². The number of hydrogen-bond donors (Lipinski definition) is 3. The predicted molar refractivity (Wildman–Crippen MR) is 49.6 cm³/mol. The molecule has 1 rings (SSSR count). The van der Waals surface area contributed by atoms with E-state index in [1.54, 1.807) is 0 Å². The maximum absolute atomic E-state index is 11.2. The van der Waals surface area contributed by atoms with Crippen LogP contribution in [0.3, 0.4) is 0 Å². The molecular formula is C6H6O8S2. The zero-order valence-electron chi connectivity index (χ0n) is 7.43. The standard InChI is InChI=1S/C6H6O8S2/c7-4-1-2-5(8)6(3-4)15(9,10)14-16(11,12)13/h1-3,7-8H,(H,11,12,13). The molecular weight excluding hydrogens is 264 g/mol. The Bertz CT molecular complexity index is 599.